The third kappa shape index (κ3) is 2.20. The highest BCUT2D eigenvalue weighted by Crippen LogP contribution is 2.26. The third-order valence-electron chi connectivity index (χ3n) is 3.40. The van der Waals surface area contributed by atoms with Gasteiger partial charge in [-0.3, -0.25) is 0 Å². The van der Waals surface area contributed by atoms with Gasteiger partial charge in [0.2, 0.25) is 0 Å². The number of hydrogen-bond donors (Lipinski definition) is 1. The van der Waals surface area contributed by atoms with Crippen molar-refractivity contribution in [3.63, 3.8) is 0 Å². The average molecular weight is 234 g/mol. The van der Waals surface area contributed by atoms with Crippen molar-refractivity contribution in [1.82, 2.24) is 9.88 Å². The Kier molecular flexibility index (Phi) is 3.48. The molecule has 0 aliphatic heterocycles. The normalized spacial score (nSPS) is 11.3. The van der Waals surface area contributed by atoms with Gasteiger partial charge in [-0.15, -0.1) is 0 Å². The summed E-state index contributed by atoms with van der Waals surface area (Å²) in [5.74, 6) is -0.159. The predicted molar refractivity (Wildman–Crippen MR) is 69.9 cm³/mol. The van der Waals surface area contributed by atoms with E-state index in [0.29, 0.717) is 0 Å². The van der Waals surface area contributed by atoms with Crippen molar-refractivity contribution in [2.24, 2.45) is 7.05 Å². The van der Waals surface area contributed by atoms with E-state index >= 15 is 0 Å². The summed E-state index contributed by atoms with van der Waals surface area (Å²) in [5, 5.41) is 4.18. The van der Waals surface area contributed by atoms with Crippen molar-refractivity contribution in [3.05, 3.63) is 35.3 Å². The van der Waals surface area contributed by atoms with Crippen LogP contribution in [0, 0.1) is 12.7 Å². The van der Waals surface area contributed by atoms with E-state index < -0.39 is 0 Å². The largest absolute Gasteiger partial charge is 0.347 e. The Morgan fingerprint density at radius 3 is 2.82 bits per heavy atom. The first-order valence-electron chi connectivity index (χ1n) is 6.03. The van der Waals surface area contributed by atoms with E-state index in [9.17, 15) is 4.39 Å². The second kappa shape index (κ2) is 4.88. The Balaban J connectivity index is 2.42. The van der Waals surface area contributed by atoms with Crippen molar-refractivity contribution in [2.45, 2.75) is 19.8 Å². The van der Waals surface area contributed by atoms with Crippen LogP contribution in [0.25, 0.3) is 10.9 Å². The van der Waals surface area contributed by atoms with Crippen molar-refractivity contribution in [1.29, 1.82) is 0 Å². The molecule has 2 aromatic rings. The van der Waals surface area contributed by atoms with Crippen LogP contribution >= 0.6 is 0 Å². The van der Waals surface area contributed by atoms with Crippen molar-refractivity contribution >= 4 is 10.9 Å². The van der Waals surface area contributed by atoms with Gasteiger partial charge in [0.25, 0.3) is 0 Å². The lowest BCUT2D eigenvalue weighted by molar-refractivity contribution is 0.629. The van der Waals surface area contributed by atoms with Gasteiger partial charge in [-0.05, 0) is 57.1 Å². The summed E-state index contributed by atoms with van der Waals surface area (Å²) < 4.78 is 15.4. The molecule has 0 fully saturated rings. The fourth-order valence-corrected chi connectivity index (χ4v) is 2.44. The number of fused-ring (bicyclic) bond motifs is 1. The van der Waals surface area contributed by atoms with Crippen LogP contribution in [0.15, 0.2) is 18.2 Å². The van der Waals surface area contributed by atoms with Gasteiger partial charge in [-0.25, -0.2) is 4.39 Å². The zero-order valence-corrected chi connectivity index (χ0v) is 10.7. The molecule has 2 nitrogen and oxygen atoms in total. The van der Waals surface area contributed by atoms with Crippen molar-refractivity contribution < 1.29 is 4.39 Å². The SMILES string of the molecule is CNCCCc1c(C)c2cc(F)ccc2n1C. The molecule has 0 amide bonds. The maximum Gasteiger partial charge on any atom is 0.123 e. The molecule has 0 atom stereocenters. The van der Waals surface area contributed by atoms with E-state index in [1.807, 2.05) is 13.1 Å². The molecular formula is C14H19FN2. The fourth-order valence-electron chi connectivity index (χ4n) is 2.44. The van der Waals surface area contributed by atoms with E-state index in [-0.39, 0.29) is 5.82 Å². The number of rotatable bonds is 4. The van der Waals surface area contributed by atoms with Crippen LogP contribution in [-0.2, 0) is 13.5 Å². The van der Waals surface area contributed by atoms with Crippen LogP contribution in [0.3, 0.4) is 0 Å². The Morgan fingerprint density at radius 2 is 2.12 bits per heavy atom. The molecule has 3 heteroatoms. The van der Waals surface area contributed by atoms with Gasteiger partial charge in [-0.1, -0.05) is 0 Å². The number of aromatic nitrogens is 1. The topological polar surface area (TPSA) is 17.0 Å². The van der Waals surface area contributed by atoms with Gasteiger partial charge in [0, 0.05) is 23.6 Å². The summed E-state index contributed by atoms with van der Waals surface area (Å²) >= 11 is 0. The maximum absolute atomic E-state index is 13.2. The molecule has 2 rings (SSSR count). The predicted octanol–water partition coefficient (Wildman–Crippen LogP) is 2.78. The van der Waals surface area contributed by atoms with Gasteiger partial charge in [0.1, 0.15) is 5.82 Å². The first-order chi connectivity index (χ1) is 8.15. The molecule has 0 unspecified atom stereocenters. The molecule has 0 aliphatic rings. The number of aryl methyl sites for hydroxylation is 2. The Morgan fingerprint density at radius 1 is 1.35 bits per heavy atom. The van der Waals surface area contributed by atoms with Crippen LogP contribution in [0.1, 0.15) is 17.7 Å². The molecule has 1 heterocycles. The van der Waals surface area contributed by atoms with Gasteiger partial charge in [0.15, 0.2) is 0 Å². The fraction of sp³-hybridized carbons (Fsp3) is 0.429. The molecule has 1 aromatic heterocycles. The summed E-state index contributed by atoms with van der Waals surface area (Å²) in [5.41, 5.74) is 3.63. The number of nitrogens with zero attached hydrogens (tertiary/aromatic N) is 1. The molecule has 0 saturated heterocycles. The number of nitrogens with one attached hydrogen (secondary N) is 1. The second-order valence-electron chi connectivity index (χ2n) is 4.50. The first-order valence-corrected chi connectivity index (χ1v) is 6.03. The summed E-state index contributed by atoms with van der Waals surface area (Å²) in [7, 11) is 4.02. The molecule has 92 valence electrons. The van der Waals surface area contributed by atoms with Gasteiger partial charge in [-0.2, -0.15) is 0 Å². The standard InChI is InChI=1S/C14H19FN2/c1-10-12-9-11(15)6-7-14(12)17(3)13(10)5-4-8-16-2/h6-7,9,16H,4-5,8H2,1-3H3. The molecule has 1 N–H and O–H groups in total. The first kappa shape index (κ1) is 12.1. The highest BCUT2D eigenvalue weighted by molar-refractivity contribution is 5.85. The van der Waals surface area contributed by atoms with Crippen molar-refractivity contribution in [3.8, 4) is 0 Å². The van der Waals surface area contributed by atoms with Gasteiger partial charge >= 0.3 is 0 Å². The highest BCUT2D eigenvalue weighted by Gasteiger charge is 2.11. The van der Waals surface area contributed by atoms with Crippen LogP contribution in [0.5, 0.6) is 0 Å². The van der Waals surface area contributed by atoms with E-state index in [2.05, 4.69) is 23.9 Å². The lowest BCUT2D eigenvalue weighted by Gasteiger charge is -2.05. The van der Waals surface area contributed by atoms with E-state index in [4.69, 9.17) is 0 Å². The minimum absolute atomic E-state index is 0.159. The third-order valence-corrected chi connectivity index (χ3v) is 3.40. The minimum atomic E-state index is -0.159. The van der Waals surface area contributed by atoms with E-state index in [0.717, 1.165) is 30.3 Å². The van der Waals surface area contributed by atoms with Crippen LogP contribution in [-0.4, -0.2) is 18.2 Å². The van der Waals surface area contributed by atoms with Crippen LogP contribution in [0.2, 0.25) is 0 Å². The summed E-state index contributed by atoms with van der Waals surface area (Å²) in [6, 6.07) is 5.02. The summed E-state index contributed by atoms with van der Waals surface area (Å²) in [6.07, 6.45) is 2.13. The molecule has 0 saturated carbocycles. The molecule has 17 heavy (non-hydrogen) atoms. The average Bonchev–Trinajstić information content (AvgIpc) is 2.54. The Bertz CT molecular complexity index is 528. The zero-order valence-electron chi connectivity index (χ0n) is 10.7. The highest BCUT2D eigenvalue weighted by atomic mass is 19.1. The monoisotopic (exact) mass is 234 g/mol. The molecule has 0 aliphatic carbocycles. The lowest BCUT2D eigenvalue weighted by atomic mass is 10.1. The molecule has 0 radical (unpaired) electrons. The lowest BCUT2D eigenvalue weighted by Crippen LogP contribution is -2.09. The van der Waals surface area contributed by atoms with Crippen molar-refractivity contribution in [2.75, 3.05) is 13.6 Å². The van der Waals surface area contributed by atoms with Crippen LogP contribution < -0.4 is 5.32 Å². The second-order valence-corrected chi connectivity index (χ2v) is 4.50. The number of benzene rings is 1. The quantitative estimate of drug-likeness (QED) is 0.805. The smallest absolute Gasteiger partial charge is 0.123 e. The summed E-state index contributed by atoms with van der Waals surface area (Å²) in [6.45, 7) is 3.09. The zero-order chi connectivity index (χ0) is 12.4. The summed E-state index contributed by atoms with van der Waals surface area (Å²) in [4.78, 5) is 0. The maximum atomic E-state index is 13.2. The van der Waals surface area contributed by atoms with Gasteiger partial charge in [0.05, 0.1) is 0 Å². The number of hydrogen-bond acceptors (Lipinski definition) is 1. The number of halogens is 1. The molecule has 0 spiro atoms. The van der Waals surface area contributed by atoms with Gasteiger partial charge < -0.3 is 9.88 Å². The Hall–Kier alpha value is -1.35. The molecular weight excluding hydrogens is 215 g/mol. The molecule has 0 bridgehead atoms. The van der Waals surface area contributed by atoms with E-state index in [1.165, 1.54) is 17.3 Å². The van der Waals surface area contributed by atoms with E-state index in [1.54, 1.807) is 6.07 Å². The Labute approximate surface area is 101 Å². The van der Waals surface area contributed by atoms with Crippen LogP contribution in [0.4, 0.5) is 4.39 Å². The molecule has 1 aromatic carbocycles. The minimum Gasteiger partial charge on any atom is -0.347 e.